The summed E-state index contributed by atoms with van der Waals surface area (Å²) in [7, 11) is 0. The second kappa shape index (κ2) is 9.62. The largest absolute Gasteiger partial charge is 0.493 e. The number of benzene rings is 1. The molecule has 1 aliphatic heterocycles. The number of likely N-dealkylation sites (tertiary alicyclic amines) is 1. The normalized spacial score (nSPS) is 15.5. The molecule has 2 amide bonds. The molecular weight excluding hydrogens is 361 g/mol. The summed E-state index contributed by atoms with van der Waals surface area (Å²) in [6.45, 7) is 3.41. The zero-order valence-corrected chi connectivity index (χ0v) is 15.3. The highest BCUT2D eigenvalue weighted by atomic mass is 19.4. The van der Waals surface area contributed by atoms with E-state index in [1.54, 1.807) is 4.90 Å². The minimum absolute atomic E-state index is 0.00929. The molecule has 1 saturated heterocycles. The van der Waals surface area contributed by atoms with E-state index in [0.29, 0.717) is 45.4 Å². The van der Waals surface area contributed by atoms with Gasteiger partial charge in [-0.1, -0.05) is 18.2 Å². The average Bonchev–Trinajstić information content (AvgIpc) is 2.64. The minimum atomic E-state index is -4.85. The molecule has 1 N–H and O–H groups in total. The van der Waals surface area contributed by atoms with Crippen LogP contribution in [0.4, 0.5) is 13.2 Å². The topological polar surface area (TPSA) is 58.6 Å². The van der Waals surface area contributed by atoms with Gasteiger partial charge in [0.2, 0.25) is 5.91 Å². The van der Waals surface area contributed by atoms with Crippen molar-refractivity contribution in [2.75, 3.05) is 26.2 Å². The van der Waals surface area contributed by atoms with Crippen LogP contribution in [-0.4, -0.2) is 49.1 Å². The monoisotopic (exact) mass is 386 g/mol. The maximum atomic E-state index is 12.2. The van der Waals surface area contributed by atoms with Crippen LogP contribution in [0.5, 0.6) is 5.75 Å². The molecule has 0 aromatic heterocycles. The zero-order valence-electron chi connectivity index (χ0n) is 15.3. The van der Waals surface area contributed by atoms with Crippen molar-refractivity contribution in [3.8, 4) is 5.75 Å². The number of rotatable bonds is 7. The van der Waals surface area contributed by atoms with Crippen molar-refractivity contribution in [2.24, 2.45) is 5.92 Å². The molecule has 1 aromatic carbocycles. The Morgan fingerprint density at radius 3 is 2.52 bits per heavy atom. The van der Waals surface area contributed by atoms with Gasteiger partial charge in [0, 0.05) is 26.1 Å². The van der Waals surface area contributed by atoms with E-state index in [1.807, 2.05) is 36.5 Å². The summed E-state index contributed by atoms with van der Waals surface area (Å²) in [6.07, 6.45) is -2.69. The molecular formula is C19H25F3N2O3. The summed E-state index contributed by atoms with van der Waals surface area (Å²) in [5.74, 6) is -1.10. The lowest BCUT2D eigenvalue weighted by atomic mass is 9.96. The van der Waals surface area contributed by atoms with Gasteiger partial charge in [0.1, 0.15) is 5.75 Å². The highest BCUT2D eigenvalue weighted by molar-refractivity contribution is 5.81. The van der Waals surface area contributed by atoms with E-state index < -0.39 is 12.1 Å². The number of carbonyl (C=O) groups excluding carboxylic acids is 2. The molecule has 1 heterocycles. The van der Waals surface area contributed by atoms with Gasteiger partial charge in [-0.25, -0.2) is 0 Å². The van der Waals surface area contributed by atoms with Crippen LogP contribution < -0.4 is 10.1 Å². The van der Waals surface area contributed by atoms with Crippen molar-refractivity contribution in [1.82, 2.24) is 10.2 Å². The average molecular weight is 386 g/mol. The molecule has 1 aromatic rings. The molecule has 27 heavy (non-hydrogen) atoms. The first-order valence-corrected chi connectivity index (χ1v) is 9.08. The number of ether oxygens (including phenoxy) is 1. The Labute approximate surface area is 156 Å². The summed E-state index contributed by atoms with van der Waals surface area (Å²) < 4.78 is 42.2. The molecule has 0 saturated carbocycles. The summed E-state index contributed by atoms with van der Waals surface area (Å²) in [5, 5.41) is 1.91. The van der Waals surface area contributed by atoms with Crippen LogP contribution in [0.1, 0.15) is 31.2 Å². The highest BCUT2D eigenvalue weighted by Gasteiger charge is 2.38. The number of para-hydroxylation sites is 1. The Hall–Kier alpha value is -2.25. The van der Waals surface area contributed by atoms with Gasteiger partial charge in [-0.05, 0) is 43.7 Å². The van der Waals surface area contributed by atoms with Crippen LogP contribution >= 0.6 is 0 Å². The number of hydrogen-bond acceptors (Lipinski definition) is 3. The second-order valence-corrected chi connectivity index (χ2v) is 6.75. The lowest BCUT2D eigenvalue weighted by Gasteiger charge is -2.32. The number of halogens is 3. The predicted molar refractivity (Wildman–Crippen MR) is 94.3 cm³/mol. The van der Waals surface area contributed by atoms with Crippen molar-refractivity contribution < 1.29 is 27.5 Å². The molecule has 0 atom stereocenters. The first-order chi connectivity index (χ1) is 12.8. The Morgan fingerprint density at radius 1 is 1.22 bits per heavy atom. The summed E-state index contributed by atoms with van der Waals surface area (Å²) in [6, 6.07) is 7.68. The number of carbonyl (C=O) groups is 2. The van der Waals surface area contributed by atoms with Crippen molar-refractivity contribution >= 4 is 11.8 Å². The van der Waals surface area contributed by atoms with Gasteiger partial charge in [0.25, 0.3) is 0 Å². The molecule has 1 aliphatic rings. The molecule has 1 fully saturated rings. The van der Waals surface area contributed by atoms with Gasteiger partial charge in [0.05, 0.1) is 6.61 Å². The number of amides is 2. The molecule has 150 valence electrons. The molecule has 0 spiro atoms. The van der Waals surface area contributed by atoms with Gasteiger partial charge in [-0.2, -0.15) is 13.2 Å². The Bertz CT molecular complexity index is 641. The van der Waals surface area contributed by atoms with Crippen molar-refractivity contribution in [3.05, 3.63) is 29.8 Å². The van der Waals surface area contributed by atoms with Gasteiger partial charge >= 0.3 is 12.1 Å². The van der Waals surface area contributed by atoms with Gasteiger partial charge in [-0.15, -0.1) is 0 Å². The van der Waals surface area contributed by atoms with E-state index in [1.165, 1.54) is 0 Å². The van der Waals surface area contributed by atoms with Crippen molar-refractivity contribution in [3.63, 3.8) is 0 Å². The van der Waals surface area contributed by atoms with E-state index in [9.17, 15) is 22.8 Å². The number of nitrogens with one attached hydrogen (secondary N) is 1. The number of aryl methyl sites for hydroxylation is 1. The Balaban J connectivity index is 1.62. The molecule has 5 nitrogen and oxygen atoms in total. The summed E-state index contributed by atoms with van der Waals surface area (Å²) >= 11 is 0. The van der Waals surface area contributed by atoms with E-state index in [4.69, 9.17) is 4.74 Å². The maximum absolute atomic E-state index is 12.2. The molecule has 0 bridgehead atoms. The Kier molecular flexibility index (Phi) is 7.50. The summed E-state index contributed by atoms with van der Waals surface area (Å²) in [4.78, 5) is 24.8. The number of hydrogen-bond donors (Lipinski definition) is 1. The molecule has 0 radical (unpaired) electrons. The number of alkyl halides is 3. The van der Waals surface area contributed by atoms with Gasteiger partial charge in [-0.3, -0.25) is 9.59 Å². The van der Waals surface area contributed by atoms with Crippen LogP contribution in [-0.2, 0) is 9.59 Å². The smallest absolute Gasteiger partial charge is 0.471 e. The van der Waals surface area contributed by atoms with Gasteiger partial charge < -0.3 is 15.0 Å². The molecule has 2 rings (SSSR count). The standard InChI is InChI=1S/C19H25F3N2O3/c1-14-5-2-3-6-16(14)27-12-4-7-17(25)24-10-8-15(9-11-24)13-23-18(26)19(20,21)22/h2-3,5-6,15H,4,7-13H2,1H3,(H,23,26). The highest BCUT2D eigenvalue weighted by Crippen LogP contribution is 2.20. The van der Waals surface area contributed by atoms with E-state index in [0.717, 1.165) is 11.3 Å². The van der Waals surface area contributed by atoms with Crippen LogP contribution in [0.25, 0.3) is 0 Å². The SMILES string of the molecule is Cc1ccccc1OCCCC(=O)N1CCC(CNC(=O)C(F)(F)F)CC1. The molecule has 0 aliphatic carbocycles. The fourth-order valence-electron chi connectivity index (χ4n) is 3.01. The molecule has 0 unspecified atom stereocenters. The third-order valence-corrected chi connectivity index (χ3v) is 4.66. The van der Waals surface area contributed by atoms with Crippen LogP contribution in [0, 0.1) is 12.8 Å². The lowest BCUT2D eigenvalue weighted by Crippen LogP contribution is -2.44. The van der Waals surface area contributed by atoms with Crippen LogP contribution in [0.3, 0.4) is 0 Å². The fourth-order valence-corrected chi connectivity index (χ4v) is 3.01. The number of nitrogens with zero attached hydrogens (tertiary/aromatic N) is 1. The lowest BCUT2D eigenvalue weighted by molar-refractivity contribution is -0.173. The second-order valence-electron chi connectivity index (χ2n) is 6.75. The maximum Gasteiger partial charge on any atom is 0.471 e. The first kappa shape index (κ1) is 21.1. The van der Waals surface area contributed by atoms with Gasteiger partial charge in [0.15, 0.2) is 0 Å². The molecule has 8 heteroatoms. The zero-order chi connectivity index (χ0) is 19.9. The van der Waals surface area contributed by atoms with E-state index in [-0.39, 0.29) is 18.4 Å². The summed E-state index contributed by atoms with van der Waals surface area (Å²) in [5.41, 5.74) is 1.04. The predicted octanol–water partition coefficient (Wildman–Crippen LogP) is 3.07. The number of piperidine rings is 1. The third-order valence-electron chi connectivity index (χ3n) is 4.66. The van der Waals surface area contributed by atoms with Crippen LogP contribution in [0.2, 0.25) is 0 Å². The third kappa shape index (κ3) is 6.77. The quantitative estimate of drug-likeness (QED) is 0.733. The Morgan fingerprint density at radius 2 is 1.89 bits per heavy atom. The fraction of sp³-hybridized carbons (Fsp3) is 0.579. The van der Waals surface area contributed by atoms with Crippen molar-refractivity contribution in [2.45, 2.75) is 38.8 Å². The van der Waals surface area contributed by atoms with Crippen LogP contribution in [0.15, 0.2) is 24.3 Å². The first-order valence-electron chi connectivity index (χ1n) is 9.08. The van der Waals surface area contributed by atoms with Crippen molar-refractivity contribution in [1.29, 1.82) is 0 Å². The minimum Gasteiger partial charge on any atom is -0.493 e. The van der Waals surface area contributed by atoms with E-state index >= 15 is 0 Å². The van der Waals surface area contributed by atoms with E-state index in [2.05, 4.69) is 0 Å².